The summed E-state index contributed by atoms with van der Waals surface area (Å²) in [7, 11) is -3.11. The van der Waals surface area contributed by atoms with Crippen LogP contribution in [-0.4, -0.2) is 31.1 Å². The molecule has 0 unspecified atom stereocenters. The molecule has 0 saturated carbocycles. The van der Waals surface area contributed by atoms with Crippen LogP contribution in [-0.2, 0) is 20.2 Å². The first-order valence-electron chi connectivity index (χ1n) is 3.27. The van der Waals surface area contributed by atoms with Gasteiger partial charge in [-0.15, -0.1) is 12.6 Å². The highest BCUT2D eigenvalue weighted by Crippen LogP contribution is 1.95. The first-order chi connectivity index (χ1) is 6.75. The van der Waals surface area contributed by atoms with E-state index < -0.39 is 17.3 Å². The molecule has 10 heteroatoms. The van der Waals surface area contributed by atoms with Gasteiger partial charge in [-0.25, -0.2) is 0 Å². The van der Waals surface area contributed by atoms with E-state index in [1.807, 2.05) is 0 Å². The molecule has 1 heterocycles. The Hall–Kier alpha value is -1.45. The van der Waals surface area contributed by atoms with Crippen LogP contribution in [0.2, 0.25) is 0 Å². The average Bonchev–Trinajstić information content (AvgIpc) is 2.31. The Labute approximate surface area is 83.5 Å². The van der Waals surface area contributed by atoms with Gasteiger partial charge in [-0.05, 0) is 0 Å². The van der Waals surface area contributed by atoms with Crippen molar-refractivity contribution in [2.45, 2.75) is 19.5 Å². The molecule has 88 valence electrons. The Morgan fingerprint density at radius 2 is 1.20 bits per heavy atom. The van der Waals surface area contributed by atoms with Crippen molar-refractivity contribution in [3.63, 3.8) is 0 Å². The van der Waals surface area contributed by atoms with E-state index in [1.54, 1.807) is 0 Å². The summed E-state index contributed by atoms with van der Waals surface area (Å²) in [6.07, 6.45) is 0.748. The number of hydrogen-bond donors (Lipinski definition) is 1. The van der Waals surface area contributed by atoms with Gasteiger partial charge in [0.1, 0.15) is 0 Å². The van der Waals surface area contributed by atoms with Gasteiger partial charge >= 0.3 is 17.3 Å². The van der Waals surface area contributed by atoms with Crippen molar-refractivity contribution in [3.05, 3.63) is 0 Å². The Balaban J connectivity index is 0. The smallest absolute Gasteiger partial charge is 0.296 e. The van der Waals surface area contributed by atoms with Gasteiger partial charge in [-0.2, -0.15) is 13.2 Å². The summed E-state index contributed by atoms with van der Waals surface area (Å²) in [5.41, 5.74) is 0. The van der Waals surface area contributed by atoms with Crippen LogP contribution >= 0.6 is 0 Å². The maximum absolute atomic E-state index is 10.1. The molecule has 0 aliphatic carbocycles. The molecule has 0 aromatic heterocycles. The number of hydrogen-bond acceptors (Lipinski definition) is 5. The van der Waals surface area contributed by atoms with Crippen molar-refractivity contribution in [1.29, 1.82) is 0 Å². The summed E-state index contributed by atoms with van der Waals surface area (Å²) in [6, 6.07) is 0. The fourth-order valence-electron chi connectivity index (χ4n) is 0.508. The molecule has 6 nitrogen and oxygen atoms in total. The van der Waals surface area contributed by atoms with Crippen LogP contribution in [0.15, 0.2) is 0 Å². The third kappa shape index (κ3) is 24.5. The molecule has 0 spiro atoms. The SMILES string of the molecule is FC(F)F.O=C1CCC(=O)N1.O=S(=O)=O. The van der Waals surface area contributed by atoms with Gasteiger partial charge in [0.15, 0.2) is 0 Å². The topological polar surface area (TPSA) is 97.4 Å². The standard InChI is InChI=1S/C4H5NO2.CHF3.O3S/c6-3-1-2-4(7)5-3;2-1(3)4;1-4(2)3/h1-2H2,(H,5,6,7);1H;. The van der Waals surface area contributed by atoms with Gasteiger partial charge in [0, 0.05) is 12.8 Å². The molecule has 1 aliphatic rings. The van der Waals surface area contributed by atoms with E-state index in [0.717, 1.165) is 0 Å². The van der Waals surface area contributed by atoms with E-state index in [9.17, 15) is 22.8 Å². The van der Waals surface area contributed by atoms with Crippen LogP contribution in [0.1, 0.15) is 12.8 Å². The van der Waals surface area contributed by atoms with Crippen LogP contribution < -0.4 is 5.32 Å². The molecule has 0 radical (unpaired) electrons. The second-order valence-electron chi connectivity index (χ2n) is 1.92. The van der Waals surface area contributed by atoms with Crippen LogP contribution in [0, 0.1) is 0 Å². The van der Waals surface area contributed by atoms with E-state index in [4.69, 9.17) is 12.6 Å². The predicted octanol–water partition coefficient (Wildman–Crippen LogP) is -0.403. The minimum absolute atomic E-state index is 0.148. The molecule has 1 rings (SSSR count). The van der Waals surface area contributed by atoms with E-state index in [-0.39, 0.29) is 11.8 Å². The van der Waals surface area contributed by atoms with E-state index in [2.05, 4.69) is 5.32 Å². The van der Waals surface area contributed by atoms with Gasteiger partial charge in [-0.3, -0.25) is 14.9 Å². The lowest BCUT2D eigenvalue weighted by Gasteiger charge is -1.79. The highest BCUT2D eigenvalue weighted by molar-refractivity contribution is 7.59. The summed E-state index contributed by atoms with van der Waals surface area (Å²) in [6.45, 7) is -3.67. The minimum Gasteiger partial charge on any atom is -0.296 e. The quantitative estimate of drug-likeness (QED) is 0.589. The lowest BCUT2D eigenvalue weighted by Crippen LogP contribution is -2.18. The summed E-state index contributed by atoms with van der Waals surface area (Å²) in [5, 5.41) is 2.14. The molecule has 2 amide bonds. The van der Waals surface area contributed by atoms with E-state index in [0.29, 0.717) is 12.8 Å². The lowest BCUT2D eigenvalue weighted by atomic mass is 10.4. The normalized spacial score (nSPS) is 13.3. The molecule has 1 fully saturated rings. The van der Waals surface area contributed by atoms with Gasteiger partial charge in [0.25, 0.3) is 0 Å². The summed E-state index contributed by atoms with van der Waals surface area (Å²) in [5.74, 6) is -0.296. The molecule has 1 N–H and O–H groups in total. The van der Waals surface area contributed by atoms with Crippen LogP contribution in [0.5, 0.6) is 0 Å². The summed E-state index contributed by atoms with van der Waals surface area (Å²) < 4.78 is 54.3. The number of halogens is 3. The summed E-state index contributed by atoms with van der Waals surface area (Å²) in [4.78, 5) is 20.2. The Morgan fingerprint density at radius 3 is 1.27 bits per heavy atom. The molecule has 15 heavy (non-hydrogen) atoms. The van der Waals surface area contributed by atoms with E-state index >= 15 is 0 Å². The Morgan fingerprint density at radius 1 is 1.00 bits per heavy atom. The van der Waals surface area contributed by atoms with Crippen LogP contribution in [0.3, 0.4) is 0 Å². The van der Waals surface area contributed by atoms with Crippen molar-refractivity contribution in [2.24, 2.45) is 0 Å². The molecule has 1 saturated heterocycles. The molecular formula is C5H6F3NO5S. The van der Waals surface area contributed by atoms with Crippen LogP contribution in [0.25, 0.3) is 0 Å². The zero-order valence-corrected chi connectivity index (χ0v) is 7.89. The Bertz CT molecular complexity index is 289. The predicted molar refractivity (Wildman–Crippen MR) is 39.2 cm³/mol. The van der Waals surface area contributed by atoms with Crippen molar-refractivity contribution in [3.8, 4) is 0 Å². The number of nitrogens with one attached hydrogen (secondary N) is 1. The summed E-state index contributed by atoms with van der Waals surface area (Å²) >= 11 is 0. The van der Waals surface area contributed by atoms with Gasteiger partial charge < -0.3 is 0 Å². The van der Waals surface area contributed by atoms with E-state index in [1.165, 1.54) is 0 Å². The molecular weight excluding hydrogens is 243 g/mol. The molecule has 0 bridgehead atoms. The zero-order valence-electron chi connectivity index (χ0n) is 7.07. The third-order valence-electron chi connectivity index (χ3n) is 0.858. The van der Waals surface area contributed by atoms with Gasteiger partial charge in [-0.1, -0.05) is 0 Å². The van der Waals surface area contributed by atoms with Gasteiger partial charge in [0.2, 0.25) is 11.8 Å². The number of carbonyl (C=O) groups is 2. The third-order valence-corrected chi connectivity index (χ3v) is 0.858. The average molecular weight is 249 g/mol. The highest BCUT2D eigenvalue weighted by atomic mass is 32.2. The maximum Gasteiger partial charge on any atom is 0.425 e. The number of carbonyl (C=O) groups excluding carboxylic acids is 2. The number of rotatable bonds is 0. The second kappa shape index (κ2) is 9.12. The van der Waals surface area contributed by atoms with Crippen molar-refractivity contribution in [2.75, 3.05) is 0 Å². The minimum atomic E-state index is -3.67. The van der Waals surface area contributed by atoms with Crippen molar-refractivity contribution < 1.29 is 35.4 Å². The largest absolute Gasteiger partial charge is 0.425 e. The Kier molecular flexibility index (Phi) is 9.73. The first-order valence-corrected chi connectivity index (χ1v) is 4.27. The highest BCUT2D eigenvalue weighted by Gasteiger charge is 2.15. The number of imide groups is 1. The number of alkyl halides is 3. The van der Waals surface area contributed by atoms with Crippen LogP contribution in [0.4, 0.5) is 13.2 Å². The fraction of sp³-hybridized carbons (Fsp3) is 0.600. The fourth-order valence-corrected chi connectivity index (χ4v) is 0.508. The number of amides is 2. The second-order valence-corrected chi connectivity index (χ2v) is 2.33. The first kappa shape index (κ1) is 16.0. The lowest BCUT2D eigenvalue weighted by molar-refractivity contribution is -0.124. The zero-order chi connectivity index (χ0) is 12.4. The van der Waals surface area contributed by atoms with Crippen molar-refractivity contribution >= 4 is 22.4 Å². The monoisotopic (exact) mass is 249 g/mol. The maximum atomic E-state index is 10.1. The molecule has 1 aliphatic heterocycles. The molecule has 0 aromatic carbocycles. The van der Waals surface area contributed by atoms with Crippen molar-refractivity contribution in [1.82, 2.24) is 5.32 Å². The van der Waals surface area contributed by atoms with Gasteiger partial charge in [0.05, 0.1) is 0 Å². The molecule has 0 aromatic rings. The molecule has 0 atom stereocenters.